The van der Waals surface area contributed by atoms with Crippen LogP contribution in [0.3, 0.4) is 0 Å². The first-order chi connectivity index (χ1) is 12.0. The molecule has 25 heavy (non-hydrogen) atoms. The van der Waals surface area contributed by atoms with Crippen molar-refractivity contribution in [3.05, 3.63) is 78.3 Å². The zero-order chi connectivity index (χ0) is 18.0. The lowest BCUT2D eigenvalue weighted by atomic mass is 9.95. The number of hydrogen-bond acceptors (Lipinski definition) is 2. The molecule has 0 aliphatic heterocycles. The van der Waals surface area contributed by atoms with Crippen LogP contribution in [0.2, 0.25) is 0 Å². The third kappa shape index (κ3) is 3.26. The smallest absolute Gasteiger partial charge is 0.123 e. The molecule has 0 spiro atoms. The third-order valence-corrected chi connectivity index (χ3v) is 4.12. The van der Waals surface area contributed by atoms with E-state index in [1.165, 1.54) is 12.1 Å². The number of aromatic nitrogens is 2. The van der Waals surface area contributed by atoms with Crippen LogP contribution >= 0.6 is 0 Å². The Labute approximate surface area is 147 Å². The van der Waals surface area contributed by atoms with E-state index in [2.05, 4.69) is 20.4 Å². The highest BCUT2D eigenvalue weighted by atomic mass is 19.1. The summed E-state index contributed by atoms with van der Waals surface area (Å²) in [6, 6.07) is 16.1. The summed E-state index contributed by atoms with van der Waals surface area (Å²) >= 11 is 0. The first kappa shape index (κ1) is 17.1. The number of halogens is 1. The van der Waals surface area contributed by atoms with Gasteiger partial charge in [-0.2, -0.15) is 5.10 Å². The van der Waals surface area contributed by atoms with Gasteiger partial charge in [-0.25, -0.2) is 9.07 Å². The average molecular weight is 336 g/mol. The minimum Gasteiger partial charge on any atom is -0.392 e. The second-order valence-electron chi connectivity index (χ2n) is 6.28. The summed E-state index contributed by atoms with van der Waals surface area (Å²) in [4.78, 5) is 0. The Morgan fingerprint density at radius 3 is 2.32 bits per heavy atom. The minimum absolute atomic E-state index is 0.155. The van der Waals surface area contributed by atoms with Crippen LogP contribution in [0.5, 0.6) is 0 Å². The molecule has 0 amide bonds. The minimum atomic E-state index is -0.291. The van der Waals surface area contributed by atoms with Gasteiger partial charge in [-0.3, -0.25) is 0 Å². The molecule has 3 aromatic rings. The van der Waals surface area contributed by atoms with Gasteiger partial charge in [0.05, 0.1) is 23.7 Å². The van der Waals surface area contributed by atoms with Gasteiger partial charge in [-0.1, -0.05) is 38.6 Å². The van der Waals surface area contributed by atoms with E-state index in [0.717, 1.165) is 28.2 Å². The molecule has 1 N–H and O–H groups in total. The molecule has 0 aliphatic carbocycles. The van der Waals surface area contributed by atoms with Gasteiger partial charge >= 0.3 is 0 Å². The maximum absolute atomic E-state index is 13.4. The van der Waals surface area contributed by atoms with Crippen molar-refractivity contribution >= 4 is 5.57 Å². The Morgan fingerprint density at radius 1 is 1.12 bits per heavy atom. The van der Waals surface area contributed by atoms with E-state index >= 15 is 0 Å². The number of rotatable bonds is 5. The van der Waals surface area contributed by atoms with E-state index < -0.39 is 0 Å². The van der Waals surface area contributed by atoms with Gasteiger partial charge in [0.2, 0.25) is 0 Å². The molecule has 4 heteroatoms. The van der Waals surface area contributed by atoms with E-state index in [0.29, 0.717) is 5.57 Å². The van der Waals surface area contributed by atoms with Crippen LogP contribution in [0.25, 0.3) is 22.5 Å². The largest absolute Gasteiger partial charge is 0.392 e. The van der Waals surface area contributed by atoms with E-state index in [-0.39, 0.29) is 18.3 Å². The summed E-state index contributed by atoms with van der Waals surface area (Å²) in [7, 11) is 0. The Bertz CT molecular complexity index is 880. The fourth-order valence-corrected chi connectivity index (χ4v) is 2.90. The van der Waals surface area contributed by atoms with Gasteiger partial charge in [0.1, 0.15) is 5.82 Å². The summed E-state index contributed by atoms with van der Waals surface area (Å²) < 4.78 is 15.3. The normalized spacial score (nSPS) is 11.1. The van der Waals surface area contributed by atoms with Crippen molar-refractivity contribution in [3.8, 4) is 16.9 Å². The van der Waals surface area contributed by atoms with Gasteiger partial charge in [-0.05, 0) is 47.9 Å². The lowest BCUT2D eigenvalue weighted by Crippen LogP contribution is -2.00. The molecule has 2 aromatic carbocycles. The summed E-state index contributed by atoms with van der Waals surface area (Å²) in [6.07, 6.45) is 0. The highest BCUT2D eigenvalue weighted by molar-refractivity contribution is 5.81. The zero-order valence-electron chi connectivity index (χ0n) is 14.4. The number of nitrogens with zero attached hydrogens (tertiary/aromatic N) is 2. The van der Waals surface area contributed by atoms with Crippen molar-refractivity contribution < 1.29 is 9.50 Å². The van der Waals surface area contributed by atoms with Crippen LogP contribution in [-0.2, 0) is 0 Å². The van der Waals surface area contributed by atoms with Gasteiger partial charge in [-0.15, -0.1) is 0 Å². The van der Waals surface area contributed by atoms with E-state index in [1.807, 2.05) is 35.0 Å². The number of para-hydroxylation sites is 1. The topological polar surface area (TPSA) is 38.1 Å². The fourth-order valence-electron chi connectivity index (χ4n) is 2.90. The average Bonchev–Trinajstić information content (AvgIpc) is 3.03. The molecule has 0 saturated heterocycles. The molecule has 0 radical (unpaired) electrons. The molecule has 0 saturated carbocycles. The molecular formula is C21H21FN2O. The Kier molecular flexibility index (Phi) is 4.81. The van der Waals surface area contributed by atoms with Crippen molar-refractivity contribution in [2.24, 2.45) is 0 Å². The van der Waals surface area contributed by atoms with Crippen LogP contribution in [0.4, 0.5) is 4.39 Å². The quantitative estimate of drug-likeness (QED) is 0.726. The van der Waals surface area contributed by atoms with Crippen LogP contribution in [-0.4, -0.2) is 21.5 Å². The van der Waals surface area contributed by atoms with Crippen LogP contribution in [0.15, 0.2) is 61.2 Å². The summed E-state index contributed by atoms with van der Waals surface area (Å²) in [6.45, 7) is 7.97. The first-order valence-corrected chi connectivity index (χ1v) is 8.26. The highest BCUT2D eigenvalue weighted by Crippen LogP contribution is 2.36. The first-order valence-electron chi connectivity index (χ1n) is 8.26. The maximum atomic E-state index is 13.4. The number of aliphatic hydroxyl groups is 1. The molecule has 0 aliphatic rings. The maximum Gasteiger partial charge on any atom is 0.123 e. The molecule has 1 aromatic heterocycles. The summed E-state index contributed by atoms with van der Waals surface area (Å²) in [5.74, 6) is -0.136. The van der Waals surface area contributed by atoms with Gasteiger partial charge < -0.3 is 5.11 Å². The SMILES string of the molecule is C=C(CO)c1c(C(C)C)nn(-c2ccccc2)c1-c1ccc(F)cc1. The monoisotopic (exact) mass is 336 g/mol. The number of benzene rings is 2. The third-order valence-electron chi connectivity index (χ3n) is 4.12. The van der Waals surface area contributed by atoms with Crippen molar-refractivity contribution in [2.75, 3.05) is 6.61 Å². The van der Waals surface area contributed by atoms with Crippen LogP contribution in [0, 0.1) is 5.82 Å². The molecule has 3 nitrogen and oxygen atoms in total. The Morgan fingerprint density at radius 2 is 1.76 bits per heavy atom. The molecule has 0 atom stereocenters. The van der Waals surface area contributed by atoms with Gasteiger partial charge in [0.15, 0.2) is 0 Å². The molecule has 0 unspecified atom stereocenters. The predicted molar refractivity (Wildman–Crippen MR) is 99.2 cm³/mol. The highest BCUT2D eigenvalue weighted by Gasteiger charge is 2.23. The van der Waals surface area contributed by atoms with E-state index in [4.69, 9.17) is 5.10 Å². The van der Waals surface area contributed by atoms with Gasteiger partial charge in [0, 0.05) is 11.1 Å². The summed E-state index contributed by atoms with van der Waals surface area (Å²) in [5.41, 5.74) is 4.84. The van der Waals surface area contributed by atoms with Crippen molar-refractivity contribution in [1.82, 2.24) is 9.78 Å². The lowest BCUT2D eigenvalue weighted by Gasteiger charge is -2.11. The van der Waals surface area contributed by atoms with Crippen molar-refractivity contribution in [1.29, 1.82) is 0 Å². The zero-order valence-corrected chi connectivity index (χ0v) is 14.4. The van der Waals surface area contributed by atoms with Crippen LogP contribution in [0.1, 0.15) is 31.0 Å². The number of aliphatic hydroxyl groups excluding tert-OH is 1. The number of hydrogen-bond donors (Lipinski definition) is 1. The second kappa shape index (κ2) is 7.03. The van der Waals surface area contributed by atoms with Crippen LogP contribution < -0.4 is 0 Å². The van der Waals surface area contributed by atoms with Crippen molar-refractivity contribution in [3.63, 3.8) is 0 Å². The molecule has 0 fully saturated rings. The molecular weight excluding hydrogens is 315 g/mol. The van der Waals surface area contributed by atoms with E-state index in [9.17, 15) is 9.50 Å². The van der Waals surface area contributed by atoms with E-state index in [1.54, 1.807) is 12.1 Å². The van der Waals surface area contributed by atoms with Crippen molar-refractivity contribution in [2.45, 2.75) is 19.8 Å². The molecule has 0 bridgehead atoms. The molecule has 1 heterocycles. The second-order valence-corrected chi connectivity index (χ2v) is 6.28. The molecule has 3 rings (SSSR count). The fraction of sp³-hybridized carbons (Fsp3) is 0.190. The Balaban J connectivity index is 2.34. The predicted octanol–water partition coefficient (Wildman–Crippen LogP) is 4.81. The Hall–Kier alpha value is -2.72. The standard InChI is InChI=1S/C21H21FN2O/c1-14(2)20-19(15(3)13-25)21(16-9-11-17(22)12-10-16)24(23-20)18-7-5-4-6-8-18/h4-12,14,25H,3,13H2,1-2H3. The van der Waals surface area contributed by atoms with Gasteiger partial charge in [0.25, 0.3) is 0 Å². The lowest BCUT2D eigenvalue weighted by molar-refractivity contribution is 0.350. The summed E-state index contributed by atoms with van der Waals surface area (Å²) in [5, 5.41) is 14.5. The molecule has 128 valence electrons.